The molecular weight excluding hydrogens is 106 g/mol. The molecule has 0 spiro atoms. The Morgan fingerprint density at radius 1 is 2.38 bits per heavy atom. The van der Waals surface area contributed by atoms with Crippen LogP contribution in [0.1, 0.15) is 23.8 Å². The molecular formula is C5H11NO2. The maximum absolute atomic E-state index is 10.6. The van der Waals surface area contributed by atoms with Crippen molar-refractivity contribution in [2.45, 2.75) is 25.7 Å². The van der Waals surface area contributed by atoms with Crippen LogP contribution >= 0.6 is 0 Å². The Bertz CT molecular complexity index is 209. The Kier molecular flexibility index (Phi) is 1.01. The molecule has 3 nitrogen and oxygen atoms in total. The number of rotatable bonds is 4. The molecule has 0 amide bonds. The van der Waals surface area contributed by atoms with Crippen molar-refractivity contribution in [1.82, 2.24) is 0 Å². The lowest BCUT2D eigenvalue weighted by atomic mass is 10.2. The van der Waals surface area contributed by atoms with Crippen LogP contribution in [-0.4, -0.2) is 17.1 Å². The molecule has 0 bridgehead atoms. The molecule has 0 fully saturated rings. The average molecular weight is 122 g/mol. The summed E-state index contributed by atoms with van der Waals surface area (Å²) in [6.07, 6.45) is -2.70. The van der Waals surface area contributed by atoms with Gasteiger partial charge in [0.25, 0.3) is 0 Å². The van der Waals surface area contributed by atoms with Crippen LogP contribution in [0, 0.1) is 0 Å². The molecule has 0 aromatic heterocycles. The van der Waals surface area contributed by atoms with Gasteiger partial charge in [0, 0.05) is 2.74 Å². The SMILES string of the molecule is [2H]N([2H])[C@]([2H])(C(=O)O)C([2H])([2H])CC. The quantitative estimate of drug-likeness (QED) is 0.559. The van der Waals surface area contributed by atoms with E-state index < -0.39 is 24.1 Å². The number of hydrogen-bond acceptors (Lipinski definition) is 2. The summed E-state index contributed by atoms with van der Waals surface area (Å²) in [5.41, 5.74) is -0.432. The first-order chi connectivity index (χ1) is 5.70. The monoisotopic (exact) mass is 122 g/mol. The largest absolute Gasteiger partial charge is 0.480 e. The van der Waals surface area contributed by atoms with E-state index >= 15 is 0 Å². The zero-order valence-electron chi connectivity index (χ0n) is 9.51. The van der Waals surface area contributed by atoms with Gasteiger partial charge in [-0.3, -0.25) is 4.79 Å². The minimum absolute atomic E-state index is 0.253. The number of carbonyl (C=O) groups is 1. The molecule has 0 saturated carbocycles. The third-order valence-electron chi connectivity index (χ3n) is 0.547. The Labute approximate surface area is 55.6 Å². The van der Waals surface area contributed by atoms with Gasteiger partial charge in [0.05, 0.1) is 1.37 Å². The van der Waals surface area contributed by atoms with Crippen molar-refractivity contribution >= 4 is 5.97 Å². The van der Waals surface area contributed by atoms with Crippen LogP contribution in [0.2, 0.25) is 2.82 Å². The Balaban J connectivity index is 5.13. The summed E-state index contributed by atoms with van der Waals surface area (Å²) in [6.45, 7) is 1.36. The van der Waals surface area contributed by atoms with Gasteiger partial charge >= 0.3 is 5.97 Å². The first-order valence-corrected chi connectivity index (χ1v) is 2.21. The highest BCUT2D eigenvalue weighted by atomic mass is 16.4. The summed E-state index contributed by atoms with van der Waals surface area (Å²) >= 11 is 0. The van der Waals surface area contributed by atoms with E-state index in [1.807, 2.05) is 0 Å². The molecule has 0 radical (unpaired) electrons. The average Bonchev–Trinajstić information content (AvgIpc) is 2.01. The highest BCUT2D eigenvalue weighted by Crippen LogP contribution is 1.91. The Hall–Kier alpha value is -0.570. The van der Waals surface area contributed by atoms with Gasteiger partial charge in [-0.1, -0.05) is 13.3 Å². The summed E-state index contributed by atoms with van der Waals surface area (Å²) in [6, 6.07) is -2.89. The summed E-state index contributed by atoms with van der Waals surface area (Å²) in [7, 11) is 0. The lowest BCUT2D eigenvalue weighted by Crippen LogP contribution is -2.29. The van der Waals surface area contributed by atoms with Crippen molar-refractivity contribution in [2.24, 2.45) is 5.72 Å². The van der Waals surface area contributed by atoms with E-state index in [0.29, 0.717) is 0 Å². The fraction of sp³-hybridized carbons (Fsp3) is 0.800. The molecule has 3 heteroatoms. The van der Waals surface area contributed by atoms with E-state index in [0.717, 1.165) is 0 Å². The molecule has 0 unspecified atom stereocenters. The van der Waals surface area contributed by atoms with Crippen molar-refractivity contribution in [3.8, 4) is 0 Å². The standard InChI is InChI=1S/C5H11NO2/c1-2-3-4(6)5(7)8/h4H,2-3,6H2,1H3,(H,7,8)/t4-/m0/s1/i3D2,4D/hD2. The normalized spacial score (nSPS) is 28.5. The molecule has 0 saturated heterocycles. The zero-order chi connectivity index (χ0) is 10.9. The van der Waals surface area contributed by atoms with Gasteiger partial charge in [-0.05, 0) is 6.37 Å². The van der Waals surface area contributed by atoms with Crippen molar-refractivity contribution in [3.05, 3.63) is 0 Å². The molecule has 3 N–H and O–H groups in total. The van der Waals surface area contributed by atoms with Crippen molar-refractivity contribution in [1.29, 1.82) is 0 Å². The fourth-order valence-electron chi connectivity index (χ4n) is 0.243. The van der Waals surface area contributed by atoms with Crippen LogP contribution in [0.4, 0.5) is 0 Å². The second kappa shape index (κ2) is 3.43. The smallest absolute Gasteiger partial charge is 0.320 e. The third-order valence-corrected chi connectivity index (χ3v) is 0.547. The van der Waals surface area contributed by atoms with Gasteiger partial charge < -0.3 is 10.8 Å². The maximum atomic E-state index is 10.6. The van der Waals surface area contributed by atoms with E-state index in [1.54, 1.807) is 0 Å². The lowest BCUT2D eigenvalue weighted by Gasteiger charge is -2.00. The molecule has 0 rings (SSSR count). The van der Waals surface area contributed by atoms with Gasteiger partial charge in [-0.2, -0.15) is 0 Å². The predicted molar refractivity (Wildman–Crippen MR) is 30.5 cm³/mol. The van der Waals surface area contributed by atoms with Crippen molar-refractivity contribution in [3.63, 3.8) is 0 Å². The minimum Gasteiger partial charge on any atom is -0.480 e. The topological polar surface area (TPSA) is 63.3 Å². The first kappa shape index (κ1) is 2.35. The van der Waals surface area contributed by atoms with Gasteiger partial charge in [0.1, 0.15) is 8.84 Å². The first-order valence-electron chi connectivity index (χ1n) is 4.61. The maximum Gasteiger partial charge on any atom is 0.320 e. The predicted octanol–water partition coefficient (Wildman–Crippen LogP) is 0.198. The van der Waals surface area contributed by atoms with E-state index in [9.17, 15) is 4.79 Å². The van der Waals surface area contributed by atoms with Gasteiger partial charge in [0.15, 0.2) is 0 Å². The molecule has 48 valence electrons. The highest BCUT2D eigenvalue weighted by molar-refractivity contribution is 5.72. The second-order valence-electron chi connectivity index (χ2n) is 1.18. The van der Waals surface area contributed by atoms with Crippen molar-refractivity contribution < 1.29 is 16.8 Å². The third kappa shape index (κ3) is 2.58. The van der Waals surface area contributed by atoms with E-state index in [4.69, 9.17) is 12.0 Å². The van der Waals surface area contributed by atoms with Gasteiger partial charge in [-0.25, -0.2) is 0 Å². The molecule has 0 aliphatic carbocycles. The summed E-state index contributed by atoms with van der Waals surface area (Å²) in [5.74, 6) is -1.84. The molecule has 8 heavy (non-hydrogen) atoms. The Morgan fingerprint density at radius 2 is 3.00 bits per heavy atom. The fourth-order valence-corrected chi connectivity index (χ4v) is 0.243. The summed E-state index contributed by atoms with van der Waals surface area (Å²) < 4.78 is 35.0. The van der Waals surface area contributed by atoms with Crippen LogP contribution in [-0.2, 0) is 4.79 Å². The van der Waals surface area contributed by atoms with Crippen molar-refractivity contribution in [2.75, 3.05) is 0 Å². The molecule has 0 aromatic rings. The summed E-state index contributed by atoms with van der Waals surface area (Å²) in [4.78, 5) is 10.6. The Morgan fingerprint density at radius 3 is 3.12 bits per heavy atom. The second-order valence-corrected chi connectivity index (χ2v) is 1.18. The molecule has 0 aliphatic rings. The van der Waals surface area contributed by atoms with Crippen LogP contribution in [0.15, 0.2) is 0 Å². The zero-order valence-corrected chi connectivity index (χ0v) is 4.51. The molecule has 0 aliphatic heterocycles. The lowest BCUT2D eigenvalue weighted by molar-refractivity contribution is -0.138. The number of carboxylic acids is 1. The van der Waals surface area contributed by atoms with Crippen LogP contribution < -0.4 is 5.72 Å². The van der Waals surface area contributed by atoms with E-state index in [1.165, 1.54) is 6.92 Å². The highest BCUT2D eigenvalue weighted by Gasteiger charge is 2.07. The molecule has 0 heterocycles. The van der Waals surface area contributed by atoms with Crippen LogP contribution in [0.3, 0.4) is 0 Å². The molecule has 1 atom stereocenters. The molecule has 0 aromatic carbocycles. The van der Waals surface area contributed by atoms with Gasteiger partial charge in [0.2, 0.25) is 0 Å². The van der Waals surface area contributed by atoms with Crippen LogP contribution in [0.5, 0.6) is 0 Å². The number of carboxylic acid groups (broad SMARTS) is 1. The number of hydrogen-bond donors (Lipinski definition) is 2. The number of nitrogens with two attached hydrogens (primary N) is 1. The van der Waals surface area contributed by atoms with Gasteiger partial charge in [-0.15, -0.1) is 0 Å². The minimum atomic E-state index is -2.89. The van der Waals surface area contributed by atoms with E-state index in [2.05, 4.69) is 0 Å². The summed E-state index contributed by atoms with van der Waals surface area (Å²) in [5, 5.41) is 8.56. The number of aliphatic carboxylic acids is 1. The van der Waals surface area contributed by atoms with Crippen LogP contribution in [0.25, 0.3) is 0 Å². The van der Waals surface area contributed by atoms with E-state index in [-0.39, 0.29) is 6.42 Å².